The minimum absolute atomic E-state index is 0.0809. The summed E-state index contributed by atoms with van der Waals surface area (Å²) >= 11 is 1.47. The number of hydrogen-bond donors (Lipinski definition) is 1. The molecule has 0 radical (unpaired) electrons. The van der Waals surface area contributed by atoms with Crippen molar-refractivity contribution >= 4 is 33.7 Å². The number of thiazole rings is 1. The van der Waals surface area contributed by atoms with Gasteiger partial charge < -0.3 is 9.73 Å². The summed E-state index contributed by atoms with van der Waals surface area (Å²) in [6.45, 7) is 0. The summed E-state index contributed by atoms with van der Waals surface area (Å²) < 4.78 is 5.33. The molecular formula is C19H14N2O2S. The van der Waals surface area contributed by atoms with Gasteiger partial charge in [-0.15, -0.1) is 11.3 Å². The van der Waals surface area contributed by atoms with Gasteiger partial charge in [0, 0.05) is 16.5 Å². The van der Waals surface area contributed by atoms with Gasteiger partial charge in [-0.05, 0) is 23.6 Å². The number of carbonyl (C=O) groups is 1. The van der Waals surface area contributed by atoms with Crippen molar-refractivity contribution in [3.8, 4) is 10.8 Å². The topological polar surface area (TPSA) is 55.1 Å². The van der Waals surface area contributed by atoms with Gasteiger partial charge in [0.1, 0.15) is 0 Å². The van der Waals surface area contributed by atoms with Crippen LogP contribution in [0.2, 0.25) is 0 Å². The third-order valence-electron chi connectivity index (χ3n) is 3.69. The second-order valence-corrected chi connectivity index (χ2v) is 6.23. The van der Waals surface area contributed by atoms with Crippen LogP contribution in [0, 0.1) is 0 Å². The van der Waals surface area contributed by atoms with Crippen LogP contribution in [0.1, 0.15) is 5.69 Å². The van der Waals surface area contributed by atoms with Crippen LogP contribution in [0.25, 0.3) is 21.5 Å². The van der Waals surface area contributed by atoms with E-state index in [0.29, 0.717) is 0 Å². The number of nitrogens with one attached hydrogen (secondary N) is 1. The van der Waals surface area contributed by atoms with Gasteiger partial charge in [-0.2, -0.15) is 0 Å². The zero-order chi connectivity index (χ0) is 16.4. The summed E-state index contributed by atoms with van der Waals surface area (Å²) in [6.07, 6.45) is 1.85. The zero-order valence-corrected chi connectivity index (χ0v) is 13.5. The molecule has 4 aromatic rings. The maximum absolute atomic E-state index is 12.4. The van der Waals surface area contributed by atoms with Crippen molar-refractivity contribution in [2.75, 3.05) is 5.32 Å². The molecule has 0 aliphatic rings. The molecule has 2 aromatic carbocycles. The number of aromatic nitrogens is 1. The molecule has 4 nitrogen and oxygen atoms in total. The van der Waals surface area contributed by atoms with Gasteiger partial charge in [-0.3, -0.25) is 4.79 Å². The highest BCUT2D eigenvalue weighted by Gasteiger charge is 2.11. The molecule has 1 N–H and O–H groups in total. The van der Waals surface area contributed by atoms with Gasteiger partial charge in [0.2, 0.25) is 5.91 Å². The monoisotopic (exact) mass is 334 g/mol. The summed E-state index contributed by atoms with van der Waals surface area (Å²) in [7, 11) is 0. The standard InChI is InChI=1S/C19H14N2O2S/c22-18(11-14-12-24-19(20-14)17-9-4-10-23-17)21-16-8-3-6-13-5-1-2-7-15(13)16/h1-10,12H,11H2,(H,21,22). The Kier molecular flexibility index (Phi) is 3.84. The number of amides is 1. The summed E-state index contributed by atoms with van der Waals surface area (Å²) in [4.78, 5) is 16.8. The molecule has 0 saturated heterocycles. The Morgan fingerprint density at radius 1 is 1.08 bits per heavy atom. The van der Waals surface area contributed by atoms with Crippen molar-refractivity contribution in [1.29, 1.82) is 0 Å². The molecule has 24 heavy (non-hydrogen) atoms. The molecule has 0 saturated carbocycles. The Hall–Kier alpha value is -2.92. The Balaban J connectivity index is 1.50. The van der Waals surface area contributed by atoms with E-state index in [1.165, 1.54) is 11.3 Å². The molecule has 2 aromatic heterocycles. The lowest BCUT2D eigenvalue weighted by molar-refractivity contribution is -0.115. The highest BCUT2D eigenvalue weighted by atomic mass is 32.1. The predicted octanol–water partition coefficient (Wildman–Crippen LogP) is 4.74. The van der Waals surface area contributed by atoms with Gasteiger partial charge >= 0.3 is 0 Å². The number of hydrogen-bond acceptors (Lipinski definition) is 4. The molecule has 1 amide bonds. The molecular weight excluding hydrogens is 320 g/mol. The van der Waals surface area contributed by atoms with Crippen LogP contribution in [0.15, 0.2) is 70.7 Å². The van der Waals surface area contributed by atoms with Gasteiger partial charge in [-0.25, -0.2) is 4.98 Å². The number of fused-ring (bicyclic) bond motifs is 1. The number of furan rings is 1. The number of carbonyl (C=O) groups excluding carboxylic acids is 1. The molecule has 0 aliphatic carbocycles. The van der Waals surface area contributed by atoms with E-state index >= 15 is 0 Å². The number of anilines is 1. The maximum atomic E-state index is 12.4. The van der Waals surface area contributed by atoms with E-state index in [4.69, 9.17) is 4.42 Å². The summed E-state index contributed by atoms with van der Waals surface area (Å²) in [5.74, 6) is 0.642. The lowest BCUT2D eigenvalue weighted by Gasteiger charge is -2.08. The first-order chi connectivity index (χ1) is 11.8. The van der Waals surface area contributed by atoms with Crippen molar-refractivity contribution in [3.63, 3.8) is 0 Å². The van der Waals surface area contributed by atoms with Gasteiger partial charge in [0.05, 0.1) is 18.4 Å². The average Bonchev–Trinajstić information content (AvgIpc) is 3.26. The molecule has 0 fully saturated rings. The van der Waals surface area contributed by atoms with Crippen LogP contribution in [-0.4, -0.2) is 10.9 Å². The second kappa shape index (κ2) is 6.29. The predicted molar refractivity (Wildman–Crippen MR) is 96.1 cm³/mol. The summed E-state index contributed by atoms with van der Waals surface area (Å²) in [6, 6.07) is 17.5. The Morgan fingerprint density at radius 2 is 1.96 bits per heavy atom. The number of nitrogens with zero attached hydrogens (tertiary/aromatic N) is 1. The van der Waals surface area contributed by atoms with Crippen LogP contribution in [-0.2, 0) is 11.2 Å². The molecule has 118 valence electrons. The lowest BCUT2D eigenvalue weighted by Crippen LogP contribution is -2.14. The fourth-order valence-electron chi connectivity index (χ4n) is 2.59. The molecule has 5 heteroatoms. The number of benzene rings is 2. The highest BCUT2D eigenvalue weighted by molar-refractivity contribution is 7.13. The minimum atomic E-state index is -0.0809. The Bertz CT molecular complexity index is 984. The Morgan fingerprint density at radius 3 is 2.83 bits per heavy atom. The van der Waals surface area contributed by atoms with E-state index < -0.39 is 0 Å². The molecule has 0 bridgehead atoms. The SMILES string of the molecule is O=C(Cc1csc(-c2ccco2)n1)Nc1cccc2ccccc12. The fourth-order valence-corrected chi connectivity index (χ4v) is 3.38. The molecule has 0 aliphatic heterocycles. The fraction of sp³-hybridized carbons (Fsp3) is 0.0526. The smallest absolute Gasteiger partial charge is 0.230 e. The summed E-state index contributed by atoms with van der Waals surface area (Å²) in [5.41, 5.74) is 1.56. The van der Waals surface area contributed by atoms with E-state index in [2.05, 4.69) is 10.3 Å². The van der Waals surface area contributed by atoms with Gasteiger partial charge in [0.25, 0.3) is 0 Å². The van der Waals surface area contributed by atoms with Crippen molar-refractivity contribution in [1.82, 2.24) is 4.98 Å². The summed E-state index contributed by atoms with van der Waals surface area (Å²) in [5, 5.41) is 7.79. The molecule has 2 heterocycles. The Labute approximate surface area is 142 Å². The first-order valence-electron chi connectivity index (χ1n) is 7.55. The molecule has 4 rings (SSSR count). The van der Waals surface area contributed by atoms with E-state index in [1.807, 2.05) is 60.0 Å². The first-order valence-corrected chi connectivity index (χ1v) is 8.43. The van der Waals surface area contributed by atoms with Gasteiger partial charge in [0.15, 0.2) is 10.8 Å². The zero-order valence-electron chi connectivity index (χ0n) is 12.7. The quantitative estimate of drug-likeness (QED) is 0.586. The minimum Gasteiger partial charge on any atom is -0.462 e. The molecule has 0 unspecified atom stereocenters. The van der Waals surface area contributed by atoms with Crippen LogP contribution >= 0.6 is 11.3 Å². The second-order valence-electron chi connectivity index (χ2n) is 5.37. The van der Waals surface area contributed by atoms with Crippen LogP contribution in [0.5, 0.6) is 0 Å². The first kappa shape index (κ1) is 14.7. The van der Waals surface area contributed by atoms with Crippen LogP contribution in [0.3, 0.4) is 0 Å². The molecule has 0 atom stereocenters. The average molecular weight is 334 g/mol. The molecule has 0 spiro atoms. The van der Waals surface area contributed by atoms with Gasteiger partial charge in [-0.1, -0.05) is 36.4 Å². The third kappa shape index (κ3) is 2.94. The van der Waals surface area contributed by atoms with Crippen molar-refractivity contribution in [3.05, 3.63) is 71.9 Å². The highest BCUT2D eigenvalue weighted by Crippen LogP contribution is 2.25. The van der Waals surface area contributed by atoms with E-state index in [1.54, 1.807) is 6.26 Å². The number of rotatable bonds is 4. The van der Waals surface area contributed by atoms with E-state index in [-0.39, 0.29) is 12.3 Å². The van der Waals surface area contributed by atoms with Crippen molar-refractivity contribution < 1.29 is 9.21 Å². The maximum Gasteiger partial charge on any atom is 0.230 e. The lowest BCUT2D eigenvalue weighted by atomic mass is 10.1. The van der Waals surface area contributed by atoms with E-state index in [0.717, 1.165) is 32.9 Å². The normalized spacial score (nSPS) is 10.8. The largest absolute Gasteiger partial charge is 0.462 e. The van der Waals surface area contributed by atoms with Crippen molar-refractivity contribution in [2.24, 2.45) is 0 Å². The van der Waals surface area contributed by atoms with Crippen LogP contribution < -0.4 is 5.32 Å². The van der Waals surface area contributed by atoms with E-state index in [9.17, 15) is 4.79 Å². The third-order valence-corrected chi connectivity index (χ3v) is 4.59. The van der Waals surface area contributed by atoms with Crippen molar-refractivity contribution in [2.45, 2.75) is 6.42 Å². The van der Waals surface area contributed by atoms with Crippen LogP contribution in [0.4, 0.5) is 5.69 Å².